The van der Waals surface area contributed by atoms with Gasteiger partial charge in [0.15, 0.2) is 0 Å². The number of nitrogens with zero attached hydrogens (tertiary/aromatic N) is 1. The molecule has 1 atom stereocenters. The van der Waals surface area contributed by atoms with Gasteiger partial charge >= 0.3 is 5.69 Å². The average Bonchev–Trinajstić information content (AvgIpc) is 2.80. The highest BCUT2D eigenvalue weighted by molar-refractivity contribution is 5.78. The van der Waals surface area contributed by atoms with Gasteiger partial charge in [0, 0.05) is 25.6 Å². The average molecular weight is 295 g/mol. The van der Waals surface area contributed by atoms with Crippen molar-refractivity contribution in [3.63, 3.8) is 0 Å². The van der Waals surface area contributed by atoms with Crippen LogP contribution < -0.4 is 27.6 Å². The first-order valence-electron chi connectivity index (χ1n) is 7.04. The van der Waals surface area contributed by atoms with Gasteiger partial charge in [-0.3, -0.25) is 19.1 Å². The van der Waals surface area contributed by atoms with E-state index in [-0.39, 0.29) is 29.4 Å². The zero-order valence-corrected chi connectivity index (χ0v) is 12.2. The number of anilines is 2. The van der Waals surface area contributed by atoms with Crippen molar-refractivity contribution in [3.05, 3.63) is 20.8 Å². The van der Waals surface area contributed by atoms with E-state index < -0.39 is 11.2 Å². The summed E-state index contributed by atoms with van der Waals surface area (Å²) in [6, 6.07) is -0.0261. The minimum Gasteiger partial charge on any atom is -0.383 e. The highest BCUT2D eigenvalue weighted by Crippen LogP contribution is 2.13. The zero-order chi connectivity index (χ0) is 15.6. The maximum atomic E-state index is 11.9. The second-order valence-electron chi connectivity index (χ2n) is 5.71. The van der Waals surface area contributed by atoms with Gasteiger partial charge in [-0.15, -0.1) is 0 Å². The Hall–Kier alpha value is -2.25. The van der Waals surface area contributed by atoms with Gasteiger partial charge in [0.25, 0.3) is 5.56 Å². The van der Waals surface area contributed by atoms with E-state index in [0.717, 1.165) is 6.42 Å². The van der Waals surface area contributed by atoms with Gasteiger partial charge in [-0.1, -0.05) is 13.8 Å². The molecule has 21 heavy (non-hydrogen) atoms. The van der Waals surface area contributed by atoms with Crippen molar-refractivity contribution in [2.75, 3.05) is 17.6 Å². The number of aromatic amines is 1. The summed E-state index contributed by atoms with van der Waals surface area (Å²) < 4.78 is 1.35. The molecule has 1 aliphatic heterocycles. The third-order valence-corrected chi connectivity index (χ3v) is 3.40. The van der Waals surface area contributed by atoms with Crippen LogP contribution in [0.2, 0.25) is 0 Å². The highest BCUT2D eigenvalue weighted by atomic mass is 16.2. The fraction of sp³-hybridized carbons (Fsp3) is 0.615. The summed E-state index contributed by atoms with van der Waals surface area (Å²) in [7, 11) is 0. The number of rotatable bonds is 5. The third kappa shape index (κ3) is 3.45. The van der Waals surface area contributed by atoms with E-state index in [9.17, 15) is 14.4 Å². The number of H-pyrrole nitrogens is 1. The Labute approximate surface area is 121 Å². The lowest BCUT2D eigenvalue weighted by atomic mass is 10.2. The largest absolute Gasteiger partial charge is 0.383 e. The van der Waals surface area contributed by atoms with Crippen LogP contribution in [0, 0.1) is 5.92 Å². The number of nitrogen functional groups attached to an aromatic ring is 1. The van der Waals surface area contributed by atoms with E-state index in [4.69, 9.17) is 5.73 Å². The smallest absolute Gasteiger partial charge is 0.330 e. The Balaban J connectivity index is 2.20. The Kier molecular flexibility index (Phi) is 4.35. The maximum Gasteiger partial charge on any atom is 0.330 e. The van der Waals surface area contributed by atoms with Crippen LogP contribution in [-0.2, 0) is 11.3 Å². The molecular weight excluding hydrogens is 274 g/mol. The lowest BCUT2D eigenvalue weighted by molar-refractivity contribution is -0.119. The normalized spacial score (nSPS) is 18.0. The summed E-state index contributed by atoms with van der Waals surface area (Å²) in [6.45, 7) is 4.74. The molecule has 8 nitrogen and oxygen atoms in total. The number of hydrogen-bond donors (Lipinski definition) is 4. The molecule has 0 aliphatic carbocycles. The van der Waals surface area contributed by atoms with Gasteiger partial charge in [0.2, 0.25) is 5.91 Å². The first-order chi connectivity index (χ1) is 9.88. The molecule has 0 radical (unpaired) electrons. The molecule has 2 heterocycles. The van der Waals surface area contributed by atoms with Gasteiger partial charge in [0.1, 0.15) is 11.5 Å². The van der Waals surface area contributed by atoms with Crippen LogP contribution in [0.5, 0.6) is 0 Å². The van der Waals surface area contributed by atoms with Crippen LogP contribution in [-0.4, -0.2) is 28.0 Å². The zero-order valence-electron chi connectivity index (χ0n) is 12.2. The second-order valence-corrected chi connectivity index (χ2v) is 5.71. The van der Waals surface area contributed by atoms with Crippen molar-refractivity contribution in [2.45, 2.75) is 39.3 Å². The fourth-order valence-electron chi connectivity index (χ4n) is 2.36. The number of hydrogen-bond acceptors (Lipinski definition) is 5. The number of aromatic nitrogens is 2. The van der Waals surface area contributed by atoms with Gasteiger partial charge in [-0.05, 0) is 12.3 Å². The first kappa shape index (κ1) is 15.1. The summed E-state index contributed by atoms with van der Waals surface area (Å²) in [5.74, 6) is 0.355. The SMILES string of the molecule is CC(C)Cn1c(N)c(NCC2CCC(=O)N2)c(=O)[nH]c1=O. The highest BCUT2D eigenvalue weighted by Gasteiger charge is 2.21. The molecule has 8 heteroatoms. The summed E-state index contributed by atoms with van der Waals surface area (Å²) in [5, 5.41) is 5.74. The Morgan fingerprint density at radius 1 is 1.38 bits per heavy atom. The molecule has 1 aromatic heterocycles. The molecule has 0 aromatic carbocycles. The van der Waals surface area contributed by atoms with E-state index in [2.05, 4.69) is 15.6 Å². The molecule has 2 rings (SSSR count). The van der Waals surface area contributed by atoms with Crippen molar-refractivity contribution >= 4 is 17.4 Å². The molecule has 1 saturated heterocycles. The predicted octanol–water partition coefficient (Wildman–Crippen LogP) is -0.535. The molecule has 0 saturated carbocycles. The van der Waals surface area contributed by atoms with Crippen molar-refractivity contribution in [1.29, 1.82) is 0 Å². The van der Waals surface area contributed by atoms with Gasteiger partial charge < -0.3 is 16.4 Å². The van der Waals surface area contributed by atoms with Crippen LogP contribution >= 0.6 is 0 Å². The lowest BCUT2D eigenvalue weighted by Crippen LogP contribution is -2.37. The van der Waals surface area contributed by atoms with E-state index in [0.29, 0.717) is 19.5 Å². The molecule has 5 N–H and O–H groups in total. The molecule has 0 spiro atoms. The molecule has 1 aliphatic rings. The van der Waals surface area contributed by atoms with Crippen LogP contribution in [0.3, 0.4) is 0 Å². The molecule has 116 valence electrons. The molecule has 1 aromatic rings. The minimum absolute atomic E-state index is 0.00783. The number of amides is 1. The van der Waals surface area contributed by atoms with Crippen LogP contribution in [0.15, 0.2) is 9.59 Å². The predicted molar refractivity (Wildman–Crippen MR) is 80.2 cm³/mol. The first-order valence-corrected chi connectivity index (χ1v) is 7.04. The van der Waals surface area contributed by atoms with E-state index in [1.807, 2.05) is 13.8 Å². The second kappa shape index (κ2) is 6.02. The van der Waals surface area contributed by atoms with Crippen LogP contribution in [0.4, 0.5) is 11.5 Å². The number of nitrogens with one attached hydrogen (secondary N) is 3. The summed E-state index contributed by atoms with van der Waals surface area (Å²) in [4.78, 5) is 37.1. The van der Waals surface area contributed by atoms with Crippen LogP contribution in [0.25, 0.3) is 0 Å². The monoisotopic (exact) mass is 295 g/mol. The molecule has 1 unspecified atom stereocenters. The molecular formula is C13H21N5O3. The minimum atomic E-state index is -0.540. The summed E-state index contributed by atoms with van der Waals surface area (Å²) in [5.41, 5.74) is 5.07. The number of nitrogens with two attached hydrogens (primary N) is 1. The Morgan fingerprint density at radius 2 is 2.10 bits per heavy atom. The number of carbonyl (C=O) groups is 1. The standard InChI is InChI=1S/C13H21N5O3/c1-7(2)6-18-11(14)10(12(20)17-13(18)21)15-5-8-3-4-9(19)16-8/h7-8,15H,3-6,14H2,1-2H3,(H,16,19)(H,17,20,21). The molecule has 1 amide bonds. The van der Waals surface area contributed by atoms with Gasteiger partial charge in [-0.2, -0.15) is 0 Å². The Morgan fingerprint density at radius 3 is 2.67 bits per heavy atom. The van der Waals surface area contributed by atoms with Crippen molar-refractivity contribution in [1.82, 2.24) is 14.9 Å². The van der Waals surface area contributed by atoms with Crippen molar-refractivity contribution < 1.29 is 4.79 Å². The van der Waals surface area contributed by atoms with Crippen LogP contribution in [0.1, 0.15) is 26.7 Å². The van der Waals surface area contributed by atoms with E-state index in [1.165, 1.54) is 4.57 Å². The van der Waals surface area contributed by atoms with Gasteiger partial charge in [0.05, 0.1) is 0 Å². The van der Waals surface area contributed by atoms with E-state index >= 15 is 0 Å². The summed E-state index contributed by atoms with van der Waals surface area (Å²) >= 11 is 0. The fourth-order valence-corrected chi connectivity index (χ4v) is 2.36. The quantitative estimate of drug-likeness (QED) is 0.581. The third-order valence-electron chi connectivity index (χ3n) is 3.40. The lowest BCUT2D eigenvalue weighted by Gasteiger charge is -2.17. The molecule has 1 fully saturated rings. The summed E-state index contributed by atoms with van der Waals surface area (Å²) in [6.07, 6.45) is 1.21. The van der Waals surface area contributed by atoms with E-state index in [1.54, 1.807) is 0 Å². The topological polar surface area (TPSA) is 122 Å². The number of carbonyl (C=O) groups excluding carboxylic acids is 1. The molecule has 0 bridgehead atoms. The van der Waals surface area contributed by atoms with Crippen molar-refractivity contribution in [2.24, 2.45) is 5.92 Å². The van der Waals surface area contributed by atoms with Crippen molar-refractivity contribution in [3.8, 4) is 0 Å². The van der Waals surface area contributed by atoms with Gasteiger partial charge in [-0.25, -0.2) is 4.79 Å². The maximum absolute atomic E-state index is 11.9. The Bertz CT molecular complexity index is 646.